The Morgan fingerprint density at radius 2 is 1.90 bits per heavy atom. The SMILES string of the molecule is C=CNC(=C)C(CCC)Nc1cnc2c(c1)CCC(CC(=C)N1CCN(c3ccc(C4=CC(=C)/C(C(=C)c5cccc(NSN(C)CC)c5F)=C\NN=C4)cn3)CC1)CCN2. The van der Waals surface area contributed by atoms with Gasteiger partial charge in [-0.25, -0.2) is 18.7 Å². The van der Waals surface area contributed by atoms with E-state index >= 15 is 4.39 Å². The van der Waals surface area contributed by atoms with Gasteiger partial charge in [0.05, 0.1) is 29.8 Å². The van der Waals surface area contributed by atoms with Gasteiger partial charge < -0.3 is 30.5 Å². The normalized spacial score (nSPS) is 18.0. The predicted molar refractivity (Wildman–Crippen MR) is 258 cm³/mol. The number of piperazine rings is 1. The van der Waals surface area contributed by atoms with Crippen LogP contribution in [0, 0.1) is 11.7 Å². The maximum Gasteiger partial charge on any atom is 0.154 e. The molecule has 0 saturated carbocycles. The molecule has 11 nitrogen and oxygen atoms in total. The van der Waals surface area contributed by atoms with Crippen LogP contribution in [-0.2, 0) is 6.42 Å². The number of allylic oxidation sites excluding steroid dienone is 6. The highest BCUT2D eigenvalue weighted by atomic mass is 32.2. The number of halogens is 1. The molecule has 6 rings (SSSR count). The van der Waals surface area contributed by atoms with Crippen LogP contribution in [0.5, 0.6) is 0 Å². The van der Waals surface area contributed by atoms with E-state index in [0.29, 0.717) is 33.9 Å². The number of nitrogens with zero attached hydrogens (tertiary/aromatic N) is 6. The van der Waals surface area contributed by atoms with E-state index < -0.39 is 0 Å². The molecule has 1 aromatic carbocycles. The molecule has 1 saturated heterocycles. The Kier molecular flexibility index (Phi) is 15.9. The summed E-state index contributed by atoms with van der Waals surface area (Å²) in [5, 5.41) is 14.8. The van der Waals surface area contributed by atoms with Gasteiger partial charge in [-0.05, 0) is 98.3 Å². The Bertz CT molecular complexity index is 2150. The predicted octanol–water partition coefficient (Wildman–Crippen LogP) is 9.59. The summed E-state index contributed by atoms with van der Waals surface area (Å²) in [5.74, 6) is 2.08. The zero-order valence-electron chi connectivity index (χ0n) is 36.1. The van der Waals surface area contributed by atoms with E-state index in [1.165, 1.54) is 23.4 Å². The first-order chi connectivity index (χ1) is 29.6. The number of pyridine rings is 2. The third kappa shape index (κ3) is 11.7. The lowest BCUT2D eigenvalue weighted by Gasteiger charge is -2.38. The number of hydrogen-bond acceptors (Lipinski definition) is 12. The Morgan fingerprint density at radius 1 is 1.08 bits per heavy atom. The molecule has 0 spiro atoms. The summed E-state index contributed by atoms with van der Waals surface area (Å²) in [5.41, 5.74) is 11.7. The topological polar surface area (TPSA) is 108 Å². The molecule has 2 unspecified atom stereocenters. The van der Waals surface area contributed by atoms with Crippen molar-refractivity contribution in [3.63, 3.8) is 0 Å². The molecule has 13 heteroatoms. The fourth-order valence-electron chi connectivity index (χ4n) is 7.78. The second-order valence-electron chi connectivity index (χ2n) is 15.7. The van der Waals surface area contributed by atoms with Crippen molar-refractivity contribution in [2.75, 3.05) is 66.6 Å². The Morgan fingerprint density at radius 3 is 2.64 bits per heavy atom. The number of hydrogen-bond donors (Lipinski definition) is 5. The minimum atomic E-state index is -0.376. The average molecular weight is 844 g/mol. The van der Waals surface area contributed by atoms with Crippen LogP contribution in [0.1, 0.15) is 62.6 Å². The van der Waals surface area contributed by atoms with Crippen molar-refractivity contribution in [3.05, 3.63) is 145 Å². The molecule has 5 heterocycles. The summed E-state index contributed by atoms with van der Waals surface area (Å²) >= 11 is 1.34. The number of fused-ring (bicyclic) bond motifs is 1. The summed E-state index contributed by atoms with van der Waals surface area (Å²) in [6.07, 6.45) is 17.0. The maximum absolute atomic E-state index is 15.7. The van der Waals surface area contributed by atoms with Crippen LogP contribution >= 0.6 is 12.1 Å². The fourth-order valence-corrected chi connectivity index (χ4v) is 8.32. The van der Waals surface area contributed by atoms with Crippen molar-refractivity contribution in [1.29, 1.82) is 0 Å². The second-order valence-corrected chi connectivity index (χ2v) is 16.7. The largest absolute Gasteiger partial charge is 0.376 e. The Balaban J connectivity index is 1.01. The van der Waals surface area contributed by atoms with E-state index in [-0.39, 0.29) is 11.9 Å². The van der Waals surface area contributed by atoms with Gasteiger partial charge in [-0.3, -0.25) is 5.43 Å². The van der Waals surface area contributed by atoms with Crippen molar-refractivity contribution < 1.29 is 4.39 Å². The first-order valence-electron chi connectivity index (χ1n) is 21.3. The van der Waals surface area contributed by atoms with Gasteiger partial charge in [0.2, 0.25) is 0 Å². The van der Waals surface area contributed by atoms with Crippen molar-refractivity contribution in [1.82, 2.24) is 29.9 Å². The van der Waals surface area contributed by atoms with E-state index in [1.807, 2.05) is 42.8 Å². The number of anilines is 4. The lowest BCUT2D eigenvalue weighted by molar-refractivity contribution is 0.291. The van der Waals surface area contributed by atoms with Gasteiger partial charge in [0.15, 0.2) is 5.82 Å². The van der Waals surface area contributed by atoms with Crippen LogP contribution < -0.4 is 31.0 Å². The van der Waals surface area contributed by atoms with Gasteiger partial charge in [0, 0.05) is 97.5 Å². The highest BCUT2D eigenvalue weighted by molar-refractivity contribution is 7.98. The van der Waals surface area contributed by atoms with E-state index in [4.69, 9.17) is 9.97 Å². The standard InChI is InChI=1S/C48H62FN11S/c1-9-13-44(36(7)50-10-2)56-41-28-38-17-16-37(20-21-51-48(38)53-31-41)27-34(5)59-22-24-60(25-23-59)46-19-18-39(29-52-46)40-26-33(4)43(32-55-54-30-40)35(6)42-14-12-15-45(47(42)49)57-61-58(8)11-3/h10,12,14-15,18-19,26,28-32,37,44,50,55-57H,2,4-7,9,11,13,16-17,20-25,27H2,1,3,8H3,(H,51,53)/b40-26?,43-32+,54-30?. The number of aromatic nitrogens is 2. The molecule has 0 bridgehead atoms. The van der Waals surface area contributed by atoms with Crippen molar-refractivity contribution >= 4 is 52.5 Å². The zero-order valence-corrected chi connectivity index (χ0v) is 36.9. The summed E-state index contributed by atoms with van der Waals surface area (Å²) in [4.78, 5) is 14.4. The third-order valence-corrected chi connectivity index (χ3v) is 12.4. The third-order valence-electron chi connectivity index (χ3n) is 11.5. The van der Waals surface area contributed by atoms with Crippen LogP contribution in [0.2, 0.25) is 0 Å². The van der Waals surface area contributed by atoms with Crippen molar-refractivity contribution in [2.45, 2.75) is 58.4 Å². The Labute approximate surface area is 366 Å². The zero-order chi connectivity index (χ0) is 43.3. The highest BCUT2D eigenvalue weighted by Crippen LogP contribution is 2.34. The summed E-state index contributed by atoms with van der Waals surface area (Å²) in [7, 11) is 1.94. The molecule has 3 aliphatic heterocycles. The molecule has 3 aromatic rings. The smallest absolute Gasteiger partial charge is 0.154 e. The van der Waals surface area contributed by atoms with E-state index in [1.54, 1.807) is 30.7 Å². The van der Waals surface area contributed by atoms with Gasteiger partial charge in [-0.2, -0.15) is 5.10 Å². The molecular weight excluding hydrogens is 782 g/mol. The first-order valence-corrected chi connectivity index (χ1v) is 22.1. The van der Waals surface area contributed by atoms with Crippen LogP contribution in [0.25, 0.3) is 11.1 Å². The molecule has 0 radical (unpaired) electrons. The van der Waals surface area contributed by atoms with Gasteiger partial charge in [0.1, 0.15) is 11.6 Å². The van der Waals surface area contributed by atoms with Crippen molar-refractivity contribution in [2.24, 2.45) is 11.0 Å². The average Bonchev–Trinajstić information content (AvgIpc) is 3.25. The van der Waals surface area contributed by atoms with E-state index in [2.05, 4.69) is 99.0 Å². The monoisotopic (exact) mass is 843 g/mol. The molecule has 5 N–H and O–H groups in total. The molecule has 322 valence electrons. The number of benzene rings is 1. The quantitative estimate of drug-likeness (QED) is 0.0791. The molecule has 1 fully saturated rings. The maximum atomic E-state index is 15.7. The minimum absolute atomic E-state index is 0.0994. The molecule has 0 amide bonds. The van der Waals surface area contributed by atoms with Gasteiger partial charge in [-0.1, -0.05) is 65.3 Å². The molecule has 2 atom stereocenters. The lowest BCUT2D eigenvalue weighted by Crippen LogP contribution is -2.46. The summed E-state index contributed by atoms with van der Waals surface area (Å²) in [6.45, 7) is 30.6. The molecule has 0 aliphatic carbocycles. The summed E-state index contributed by atoms with van der Waals surface area (Å²) in [6, 6.07) is 11.7. The van der Waals surface area contributed by atoms with Gasteiger partial charge in [-0.15, -0.1) is 0 Å². The minimum Gasteiger partial charge on any atom is -0.376 e. The first kappa shape index (κ1) is 44.8. The summed E-state index contributed by atoms with van der Waals surface area (Å²) < 4.78 is 20.8. The van der Waals surface area contributed by atoms with Crippen molar-refractivity contribution in [3.8, 4) is 0 Å². The highest BCUT2D eigenvalue weighted by Gasteiger charge is 2.24. The molecule has 61 heavy (non-hydrogen) atoms. The van der Waals surface area contributed by atoms with E-state index in [0.717, 1.165) is 112 Å². The number of rotatable bonds is 18. The molecular formula is C48H62FN11S. The number of aryl methyl sites for hydroxylation is 1. The van der Waals surface area contributed by atoms with E-state index in [9.17, 15) is 0 Å². The number of nitrogens with one attached hydrogen (secondary N) is 5. The second kappa shape index (κ2) is 21.6. The van der Waals surface area contributed by atoms with Crippen LogP contribution in [-0.4, -0.2) is 77.7 Å². The fraction of sp³-hybridized carbons (Fsp3) is 0.354. The van der Waals surface area contributed by atoms with Crippen LogP contribution in [0.3, 0.4) is 0 Å². The molecule has 3 aliphatic rings. The van der Waals surface area contributed by atoms with Crippen LogP contribution in [0.4, 0.5) is 27.4 Å². The lowest BCUT2D eigenvalue weighted by atomic mass is 9.90. The Hall–Kier alpha value is -5.79. The van der Waals surface area contributed by atoms with Gasteiger partial charge >= 0.3 is 0 Å². The molecule has 2 aromatic heterocycles. The number of hydrazone groups is 1. The van der Waals surface area contributed by atoms with Crippen LogP contribution in [0.15, 0.2) is 128 Å². The van der Waals surface area contributed by atoms with Gasteiger partial charge in [0.25, 0.3) is 0 Å².